The Morgan fingerprint density at radius 3 is 2.70 bits per heavy atom. The highest BCUT2D eigenvalue weighted by Gasteiger charge is 2.46. The minimum Gasteiger partial charge on any atom is -0.396 e. The molecule has 150 valence electrons. The van der Waals surface area contributed by atoms with Crippen LogP contribution in [0.5, 0.6) is 0 Å². The molecule has 6 heteroatoms. The van der Waals surface area contributed by atoms with Crippen molar-refractivity contribution < 1.29 is 13.5 Å². The van der Waals surface area contributed by atoms with Gasteiger partial charge >= 0.3 is 0 Å². The lowest BCUT2D eigenvalue weighted by Gasteiger charge is -2.54. The Morgan fingerprint density at radius 2 is 2.04 bits per heavy atom. The number of likely N-dealkylation sites (tertiary alicyclic amines) is 1. The lowest BCUT2D eigenvalue weighted by Crippen LogP contribution is -2.56. The summed E-state index contributed by atoms with van der Waals surface area (Å²) in [7, 11) is -3.26. The van der Waals surface area contributed by atoms with E-state index in [-0.39, 0.29) is 10.8 Å². The number of nitrogens with one attached hydrogen (secondary N) is 1. The van der Waals surface area contributed by atoms with E-state index in [0.29, 0.717) is 18.3 Å². The summed E-state index contributed by atoms with van der Waals surface area (Å²) in [5, 5.41) is 9.86. The van der Waals surface area contributed by atoms with Crippen molar-refractivity contribution in [2.45, 2.75) is 62.8 Å². The summed E-state index contributed by atoms with van der Waals surface area (Å²) >= 11 is 0. The molecular formula is C21H32N2O3S. The third-order valence-electron chi connectivity index (χ3n) is 7.28. The van der Waals surface area contributed by atoms with E-state index in [2.05, 4.69) is 15.7 Å². The van der Waals surface area contributed by atoms with Gasteiger partial charge in [-0.1, -0.05) is 25.0 Å². The SMILES string of the molecule is CS(=O)(=O)Nc1cccc(C23CCCC(C2)N(CC2(CO)CCC2)CC3)c1. The van der Waals surface area contributed by atoms with Crippen LogP contribution >= 0.6 is 0 Å². The molecule has 1 saturated heterocycles. The third kappa shape index (κ3) is 3.89. The number of fused-ring (bicyclic) bond motifs is 2. The largest absolute Gasteiger partial charge is 0.396 e. The maximum Gasteiger partial charge on any atom is 0.229 e. The van der Waals surface area contributed by atoms with E-state index in [1.54, 1.807) is 0 Å². The highest BCUT2D eigenvalue weighted by Crippen LogP contribution is 2.49. The Morgan fingerprint density at radius 1 is 1.22 bits per heavy atom. The molecule has 2 bridgehead atoms. The van der Waals surface area contributed by atoms with Crippen molar-refractivity contribution in [2.75, 3.05) is 30.7 Å². The van der Waals surface area contributed by atoms with E-state index in [1.165, 1.54) is 37.5 Å². The van der Waals surface area contributed by atoms with Crippen molar-refractivity contribution in [3.8, 4) is 0 Å². The molecule has 0 radical (unpaired) electrons. The molecule has 0 spiro atoms. The molecule has 4 rings (SSSR count). The van der Waals surface area contributed by atoms with Crippen LogP contribution in [-0.4, -0.2) is 50.4 Å². The first kappa shape index (κ1) is 19.2. The summed E-state index contributed by atoms with van der Waals surface area (Å²) in [5.41, 5.74) is 2.26. The second kappa shape index (κ2) is 7.05. The number of sulfonamides is 1. The first-order chi connectivity index (χ1) is 12.8. The first-order valence-electron chi connectivity index (χ1n) is 10.3. The van der Waals surface area contributed by atoms with Gasteiger partial charge in [-0.3, -0.25) is 9.62 Å². The molecule has 1 aromatic rings. The van der Waals surface area contributed by atoms with Crippen molar-refractivity contribution >= 4 is 15.7 Å². The molecule has 1 aromatic carbocycles. The molecule has 3 aliphatic rings. The smallest absolute Gasteiger partial charge is 0.229 e. The summed E-state index contributed by atoms with van der Waals surface area (Å²) in [6.07, 6.45) is 10.7. The summed E-state index contributed by atoms with van der Waals surface area (Å²) < 4.78 is 25.8. The lowest BCUT2D eigenvalue weighted by atomic mass is 9.62. The fourth-order valence-corrected chi connectivity index (χ4v) is 6.18. The number of benzene rings is 1. The molecule has 2 saturated carbocycles. The Bertz CT molecular complexity index is 785. The molecule has 1 aliphatic heterocycles. The fourth-order valence-electron chi connectivity index (χ4n) is 5.63. The summed E-state index contributed by atoms with van der Waals surface area (Å²) in [6.45, 7) is 2.44. The minimum absolute atomic E-state index is 0.150. The van der Waals surface area contributed by atoms with Crippen LogP contribution in [0.15, 0.2) is 24.3 Å². The molecule has 1 heterocycles. The number of aliphatic hydroxyl groups is 1. The van der Waals surface area contributed by atoms with Gasteiger partial charge in [-0.25, -0.2) is 8.42 Å². The van der Waals surface area contributed by atoms with Gasteiger partial charge in [0.25, 0.3) is 0 Å². The van der Waals surface area contributed by atoms with E-state index in [1.807, 2.05) is 18.2 Å². The van der Waals surface area contributed by atoms with Gasteiger partial charge in [-0.2, -0.15) is 0 Å². The van der Waals surface area contributed by atoms with Crippen molar-refractivity contribution in [1.29, 1.82) is 0 Å². The van der Waals surface area contributed by atoms with Crippen molar-refractivity contribution in [1.82, 2.24) is 4.90 Å². The standard InChI is InChI=1S/C21H32N2O3S/c1-27(25,26)22-18-6-2-5-17(13-18)21-10-3-7-19(14-21)23(12-11-21)15-20(16-24)8-4-9-20/h2,5-6,13,19,22,24H,3-4,7-12,14-16H2,1H3. The lowest BCUT2D eigenvalue weighted by molar-refractivity contribution is -0.0354. The number of rotatable bonds is 6. The third-order valence-corrected chi connectivity index (χ3v) is 7.89. The highest BCUT2D eigenvalue weighted by atomic mass is 32.2. The van der Waals surface area contributed by atoms with E-state index < -0.39 is 10.0 Å². The van der Waals surface area contributed by atoms with Gasteiger partial charge < -0.3 is 5.11 Å². The number of anilines is 1. The van der Waals surface area contributed by atoms with Gasteiger partial charge in [0.05, 0.1) is 6.26 Å². The van der Waals surface area contributed by atoms with Crippen LogP contribution in [0.25, 0.3) is 0 Å². The van der Waals surface area contributed by atoms with Gasteiger partial charge in [0.2, 0.25) is 10.0 Å². The Kier molecular flexibility index (Phi) is 5.02. The Hall–Kier alpha value is -1.11. The van der Waals surface area contributed by atoms with E-state index in [9.17, 15) is 13.5 Å². The predicted molar refractivity (Wildman–Crippen MR) is 108 cm³/mol. The summed E-state index contributed by atoms with van der Waals surface area (Å²) in [6, 6.07) is 8.61. The van der Waals surface area contributed by atoms with Gasteiger partial charge in [0, 0.05) is 30.3 Å². The van der Waals surface area contributed by atoms with Crippen LogP contribution in [0, 0.1) is 5.41 Å². The zero-order valence-electron chi connectivity index (χ0n) is 16.3. The summed E-state index contributed by atoms with van der Waals surface area (Å²) in [4.78, 5) is 2.64. The molecule has 2 atom stereocenters. The second-order valence-electron chi connectivity index (χ2n) is 9.22. The van der Waals surface area contributed by atoms with E-state index in [4.69, 9.17) is 0 Å². The highest BCUT2D eigenvalue weighted by molar-refractivity contribution is 7.92. The minimum atomic E-state index is -3.26. The molecule has 5 nitrogen and oxygen atoms in total. The first-order valence-corrected chi connectivity index (χ1v) is 12.2. The predicted octanol–water partition coefficient (Wildman–Crippen LogP) is 3.11. The average molecular weight is 393 g/mol. The van der Waals surface area contributed by atoms with Crippen molar-refractivity contribution in [3.05, 3.63) is 29.8 Å². The molecule has 27 heavy (non-hydrogen) atoms. The molecular weight excluding hydrogens is 360 g/mol. The van der Waals surface area contributed by atoms with Gasteiger partial charge in [0.1, 0.15) is 0 Å². The maximum atomic E-state index is 11.6. The van der Waals surface area contributed by atoms with E-state index >= 15 is 0 Å². The molecule has 0 amide bonds. The number of aliphatic hydroxyl groups excluding tert-OH is 1. The molecule has 2 aliphatic carbocycles. The van der Waals surface area contributed by atoms with E-state index in [0.717, 1.165) is 38.8 Å². The number of nitrogens with zero attached hydrogens (tertiary/aromatic N) is 1. The van der Waals surface area contributed by atoms with Gasteiger partial charge in [0.15, 0.2) is 0 Å². The average Bonchev–Trinajstić information content (AvgIpc) is 2.59. The van der Waals surface area contributed by atoms with Crippen LogP contribution in [0.2, 0.25) is 0 Å². The Labute approximate surface area is 163 Å². The van der Waals surface area contributed by atoms with Crippen LogP contribution in [0.1, 0.15) is 56.9 Å². The number of piperidine rings is 1. The normalized spacial score (nSPS) is 30.5. The molecule has 3 fully saturated rings. The van der Waals surface area contributed by atoms with Crippen LogP contribution < -0.4 is 4.72 Å². The zero-order valence-corrected chi connectivity index (χ0v) is 17.1. The number of hydrogen-bond donors (Lipinski definition) is 2. The molecule has 2 N–H and O–H groups in total. The molecule has 2 unspecified atom stereocenters. The number of hydrogen-bond acceptors (Lipinski definition) is 4. The monoisotopic (exact) mass is 392 g/mol. The second-order valence-corrected chi connectivity index (χ2v) is 11.0. The van der Waals surface area contributed by atoms with Gasteiger partial charge in [-0.15, -0.1) is 0 Å². The van der Waals surface area contributed by atoms with Crippen molar-refractivity contribution in [2.24, 2.45) is 5.41 Å². The van der Waals surface area contributed by atoms with Crippen LogP contribution in [0.4, 0.5) is 5.69 Å². The topological polar surface area (TPSA) is 69.6 Å². The van der Waals surface area contributed by atoms with Crippen molar-refractivity contribution in [3.63, 3.8) is 0 Å². The summed E-state index contributed by atoms with van der Waals surface area (Å²) in [5.74, 6) is 0. The van der Waals surface area contributed by atoms with Gasteiger partial charge in [-0.05, 0) is 68.2 Å². The molecule has 0 aromatic heterocycles. The van der Waals surface area contributed by atoms with Crippen LogP contribution in [0.3, 0.4) is 0 Å². The van der Waals surface area contributed by atoms with Crippen LogP contribution in [-0.2, 0) is 15.4 Å². The fraction of sp³-hybridized carbons (Fsp3) is 0.714. The quantitative estimate of drug-likeness (QED) is 0.780. The zero-order chi connectivity index (χ0) is 19.1. The maximum absolute atomic E-state index is 11.6. The Balaban J connectivity index is 1.52.